The molecule has 4 rings (SSSR count). The van der Waals surface area contributed by atoms with Gasteiger partial charge in [0.15, 0.2) is 0 Å². The molecule has 0 aliphatic carbocycles. The van der Waals surface area contributed by atoms with Gasteiger partial charge in [0.05, 0.1) is 5.69 Å². The van der Waals surface area contributed by atoms with Gasteiger partial charge in [0, 0.05) is 42.2 Å². The normalized spacial score (nSPS) is 17.0. The summed E-state index contributed by atoms with van der Waals surface area (Å²) in [6.45, 7) is 4.10. The van der Waals surface area contributed by atoms with Crippen LogP contribution < -0.4 is 10.6 Å². The molecule has 3 heterocycles. The largest absolute Gasteiger partial charge is 0.340 e. The zero-order valence-electron chi connectivity index (χ0n) is 14.9. The molecule has 1 aromatic carbocycles. The number of rotatable bonds is 4. The van der Waals surface area contributed by atoms with Crippen LogP contribution in [-0.4, -0.2) is 28.0 Å². The number of nitrogens with zero attached hydrogens (tertiary/aromatic N) is 3. The molecule has 5 nitrogen and oxygen atoms in total. The molecular formula is C21H23N5. The average molecular weight is 345 g/mol. The van der Waals surface area contributed by atoms with Gasteiger partial charge in [0.1, 0.15) is 11.6 Å². The minimum Gasteiger partial charge on any atom is -0.340 e. The van der Waals surface area contributed by atoms with Crippen molar-refractivity contribution in [1.82, 2.24) is 20.3 Å². The van der Waals surface area contributed by atoms with Crippen LogP contribution in [0, 0.1) is 6.92 Å². The second kappa shape index (κ2) is 7.62. The second-order valence-electron chi connectivity index (χ2n) is 6.78. The van der Waals surface area contributed by atoms with E-state index in [1.54, 1.807) is 6.20 Å². The fraction of sp³-hybridized carbons (Fsp3) is 0.286. The van der Waals surface area contributed by atoms with E-state index in [4.69, 9.17) is 9.97 Å². The molecule has 5 heteroatoms. The molecule has 1 aliphatic heterocycles. The Bertz CT molecular complexity index is 873. The van der Waals surface area contributed by atoms with Crippen molar-refractivity contribution in [3.05, 3.63) is 66.2 Å². The first-order valence-electron chi connectivity index (χ1n) is 9.12. The molecule has 2 N–H and O–H groups in total. The number of aromatic nitrogens is 3. The van der Waals surface area contributed by atoms with Crippen LogP contribution in [0.5, 0.6) is 0 Å². The zero-order valence-corrected chi connectivity index (χ0v) is 14.9. The maximum absolute atomic E-state index is 4.86. The van der Waals surface area contributed by atoms with E-state index in [0.717, 1.165) is 54.5 Å². The summed E-state index contributed by atoms with van der Waals surface area (Å²) in [4.78, 5) is 13.9. The molecule has 1 saturated heterocycles. The van der Waals surface area contributed by atoms with Gasteiger partial charge in [0.25, 0.3) is 0 Å². The first kappa shape index (κ1) is 16.7. The zero-order chi connectivity index (χ0) is 17.8. The molecule has 3 aromatic rings. The molecule has 2 aromatic heterocycles. The predicted molar refractivity (Wildman–Crippen MR) is 105 cm³/mol. The van der Waals surface area contributed by atoms with Gasteiger partial charge in [-0.05, 0) is 56.1 Å². The summed E-state index contributed by atoms with van der Waals surface area (Å²) in [5.74, 6) is 2.07. The minimum absolute atomic E-state index is 0.346. The third-order valence-corrected chi connectivity index (χ3v) is 4.65. The number of nitrogens with one attached hydrogen (secondary N) is 2. The monoisotopic (exact) mass is 345 g/mol. The Balaban J connectivity index is 1.72. The van der Waals surface area contributed by atoms with Crippen LogP contribution in [-0.2, 0) is 0 Å². The summed E-state index contributed by atoms with van der Waals surface area (Å²) in [5, 5.41) is 6.90. The number of benzene rings is 1. The highest BCUT2D eigenvalue weighted by Gasteiger charge is 2.19. The SMILES string of the molecule is Cc1cccc(Nc2cc(-c3cccnc3)nc([C@@H]3CCCNC3)n2)c1. The number of piperidine rings is 1. The van der Waals surface area contributed by atoms with Crippen LogP contribution in [0.2, 0.25) is 0 Å². The van der Waals surface area contributed by atoms with E-state index in [0.29, 0.717) is 5.92 Å². The molecule has 0 unspecified atom stereocenters. The van der Waals surface area contributed by atoms with Gasteiger partial charge in [-0.1, -0.05) is 12.1 Å². The maximum Gasteiger partial charge on any atom is 0.135 e. The lowest BCUT2D eigenvalue weighted by Gasteiger charge is -2.22. The quantitative estimate of drug-likeness (QED) is 0.747. The van der Waals surface area contributed by atoms with E-state index in [1.165, 1.54) is 5.56 Å². The first-order chi connectivity index (χ1) is 12.8. The highest BCUT2D eigenvalue weighted by Crippen LogP contribution is 2.27. The van der Waals surface area contributed by atoms with Gasteiger partial charge in [-0.2, -0.15) is 0 Å². The Morgan fingerprint density at radius 1 is 1.12 bits per heavy atom. The Labute approximate surface area is 153 Å². The molecule has 1 fully saturated rings. The van der Waals surface area contributed by atoms with Crippen LogP contribution in [0.1, 0.15) is 30.1 Å². The predicted octanol–water partition coefficient (Wildman–Crippen LogP) is 4.06. The molecule has 0 amide bonds. The molecule has 0 bridgehead atoms. The van der Waals surface area contributed by atoms with Gasteiger partial charge in [0.2, 0.25) is 0 Å². The summed E-state index contributed by atoms with van der Waals surface area (Å²) in [7, 11) is 0. The van der Waals surface area contributed by atoms with Crippen molar-refractivity contribution >= 4 is 11.5 Å². The average Bonchev–Trinajstić information content (AvgIpc) is 2.69. The molecule has 26 heavy (non-hydrogen) atoms. The van der Waals surface area contributed by atoms with Crippen molar-refractivity contribution in [2.75, 3.05) is 18.4 Å². The van der Waals surface area contributed by atoms with Gasteiger partial charge in [-0.3, -0.25) is 4.98 Å². The third kappa shape index (κ3) is 3.89. The van der Waals surface area contributed by atoms with Crippen LogP contribution in [0.3, 0.4) is 0 Å². The molecule has 0 saturated carbocycles. The number of hydrogen-bond donors (Lipinski definition) is 2. The summed E-state index contributed by atoms with van der Waals surface area (Å²) in [6.07, 6.45) is 5.91. The van der Waals surface area contributed by atoms with Crippen molar-refractivity contribution in [2.24, 2.45) is 0 Å². The Morgan fingerprint density at radius 3 is 2.85 bits per heavy atom. The van der Waals surface area contributed by atoms with E-state index < -0.39 is 0 Å². The summed E-state index contributed by atoms with van der Waals surface area (Å²) >= 11 is 0. The molecule has 1 aliphatic rings. The second-order valence-corrected chi connectivity index (χ2v) is 6.78. The fourth-order valence-electron chi connectivity index (χ4n) is 3.32. The molecular weight excluding hydrogens is 322 g/mol. The van der Waals surface area contributed by atoms with Crippen LogP contribution >= 0.6 is 0 Å². The maximum atomic E-state index is 4.86. The fourth-order valence-corrected chi connectivity index (χ4v) is 3.32. The summed E-state index contributed by atoms with van der Waals surface area (Å²) in [6, 6.07) is 14.3. The minimum atomic E-state index is 0.346. The topological polar surface area (TPSA) is 62.7 Å². The highest BCUT2D eigenvalue weighted by atomic mass is 15.0. The summed E-state index contributed by atoms with van der Waals surface area (Å²) in [5.41, 5.74) is 4.16. The van der Waals surface area contributed by atoms with E-state index >= 15 is 0 Å². The lowest BCUT2D eigenvalue weighted by molar-refractivity contribution is 0.447. The van der Waals surface area contributed by atoms with Crippen LogP contribution in [0.15, 0.2) is 54.9 Å². The number of pyridine rings is 1. The highest BCUT2D eigenvalue weighted by molar-refractivity contribution is 5.65. The van der Waals surface area contributed by atoms with Crippen molar-refractivity contribution in [3.8, 4) is 11.3 Å². The lowest BCUT2D eigenvalue weighted by atomic mass is 9.98. The first-order valence-corrected chi connectivity index (χ1v) is 9.12. The number of anilines is 2. The standard InChI is InChI=1S/C21H23N5/c1-15-5-2-8-18(11-15)24-20-12-19(16-6-3-9-22-13-16)25-21(26-20)17-7-4-10-23-14-17/h2-3,5-6,8-9,11-13,17,23H,4,7,10,14H2,1H3,(H,24,25,26)/t17-/m1/s1. The molecule has 1 atom stereocenters. The molecule has 0 radical (unpaired) electrons. The van der Waals surface area contributed by atoms with E-state index in [9.17, 15) is 0 Å². The van der Waals surface area contributed by atoms with Gasteiger partial charge in [-0.25, -0.2) is 9.97 Å². The Kier molecular flexibility index (Phi) is 4.88. The molecule has 132 valence electrons. The van der Waals surface area contributed by atoms with E-state index in [2.05, 4.69) is 40.7 Å². The smallest absolute Gasteiger partial charge is 0.135 e. The Hall–Kier alpha value is -2.79. The molecule has 0 spiro atoms. The van der Waals surface area contributed by atoms with Crippen molar-refractivity contribution in [3.63, 3.8) is 0 Å². The third-order valence-electron chi connectivity index (χ3n) is 4.65. The van der Waals surface area contributed by atoms with Gasteiger partial charge in [-0.15, -0.1) is 0 Å². The number of aryl methyl sites for hydroxylation is 1. The number of hydrogen-bond acceptors (Lipinski definition) is 5. The van der Waals surface area contributed by atoms with Crippen molar-refractivity contribution in [2.45, 2.75) is 25.7 Å². The van der Waals surface area contributed by atoms with Crippen molar-refractivity contribution in [1.29, 1.82) is 0 Å². The van der Waals surface area contributed by atoms with Gasteiger partial charge < -0.3 is 10.6 Å². The van der Waals surface area contributed by atoms with Crippen LogP contribution in [0.4, 0.5) is 11.5 Å². The van der Waals surface area contributed by atoms with Gasteiger partial charge >= 0.3 is 0 Å². The van der Waals surface area contributed by atoms with E-state index in [1.807, 2.05) is 30.5 Å². The Morgan fingerprint density at radius 2 is 2.08 bits per heavy atom. The lowest BCUT2D eigenvalue weighted by Crippen LogP contribution is -2.29. The van der Waals surface area contributed by atoms with Crippen molar-refractivity contribution < 1.29 is 0 Å². The van der Waals surface area contributed by atoms with Crippen LogP contribution in [0.25, 0.3) is 11.3 Å². The van der Waals surface area contributed by atoms with E-state index in [-0.39, 0.29) is 0 Å². The summed E-state index contributed by atoms with van der Waals surface area (Å²) < 4.78 is 0.